The van der Waals surface area contributed by atoms with Crippen molar-refractivity contribution in [1.29, 1.82) is 0 Å². The van der Waals surface area contributed by atoms with E-state index in [-0.39, 0.29) is 51.8 Å². The van der Waals surface area contributed by atoms with Gasteiger partial charge in [0, 0.05) is 56.8 Å². The number of aromatic amines is 1. The third kappa shape index (κ3) is 10.4. The number of alkyl carbamates (subject to hydrolysis) is 1. The maximum atomic E-state index is 14.9. The van der Waals surface area contributed by atoms with Gasteiger partial charge < -0.3 is 29.4 Å². The Labute approximate surface area is 372 Å². The summed E-state index contributed by atoms with van der Waals surface area (Å²) in [6.45, 7) is 6.03. The summed E-state index contributed by atoms with van der Waals surface area (Å²) < 4.78 is 47.8. The Morgan fingerprint density at radius 3 is 2.37 bits per heavy atom. The van der Waals surface area contributed by atoms with E-state index < -0.39 is 45.6 Å². The van der Waals surface area contributed by atoms with E-state index in [1.54, 1.807) is 39.1 Å². The summed E-state index contributed by atoms with van der Waals surface area (Å²) in [5.41, 5.74) is 1.66. The molecule has 1 unspecified atom stereocenters. The lowest BCUT2D eigenvalue weighted by Gasteiger charge is -2.31. The van der Waals surface area contributed by atoms with Crippen molar-refractivity contribution >= 4 is 56.5 Å². The van der Waals surface area contributed by atoms with E-state index in [0.717, 1.165) is 34.2 Å². The van der Waals surface area contributed by atoms with Crippen LogP contribution in [0, 0.1) is 11.8 Å². The molecule has 63 heavy (non-hydrogen) atoms. The Balaban J connectivity index is 1.16. The highest BCUT2D eigenvalue weighted by Crippen LogP contribution is 2.38. The average molecular weight is 898 g/mol. The van der Waals surface area contributed by atoms with E-state index in [2.05, 4.69) is 10.3 Å². The van der Waals surface area contributed by atoms with E-state index >= 15 is 0 Å². The van der Waals surface area contributed by atoms with Gasteiger partial charge in [0.05, 0.1) is 15.5 Å². The molecule has 2 fully saturated rings. The van der Waals surface area contributed by atoms with Gasteiger partial charge in [-0.05, 0) is 99.4 Å². The number of amides is 5. The number of hydrogen-bond donors (Lipinski definition) is 2. The Hall–Kier alpha value is -6.06. The van der Waals surface area contributed by atoms with E-state index in [1.165, 1.54) is 43.3 Å². The molecule has 5 amide bonds. The molecule has 1 aliphatic heterocycles. The Morgan fingerprint density at radius 1 is 0.921 bits per heavy atom. The topological polar surface area (TPSA) is 168 Å². The van der Waals surface area contributed by atoms with Gasteiger partial charge in [0.15, 0.2) is 0 Å². The van der Waals surface area contributed by atoms with Crippen molar-refractivity contribution in [2.45, 2.75) is 76.0 Å². The van der Waals surface area contributed by atoms with Crippen molar-refractivity contribution in [3.63, 3.8) is 0 Å². The summed E-state index contributed by atoms with van der Waals surface area (Å²) >= 11 is 6.57. The number of aromatic nitrogens is 1. The number of nitrogens with one attached hydrogen (secondary N) is 2. The van der Waals surface area contributed by atoms with Crippen molar-refractivity contribution in [2.75, 3.05) is 27.2 Å². The lowest BCUT2D eigenvalue weighted by Crippen LogP contribution is -2.42. The Kier molecular flexibility index (Phi) is 13.4. The van der Waals surface area contributed by atoms with Crippen LogP contribution in [0.4, 0.5) is 9.59 Å². The van der Waals surface area contributed by atoms with Crippen molar-refractivity contribution in [1.82, 2.24) is 24.4 Å². The van der Waals surface area contributed by atoms with Gasteiger partial charge in [-0.15, -0.1) is 0 Å². The number of fused-ring (bicyclic) bond motifs is 1. The molecule has 1 saturated heterocycles. The quantitative estimate of drug-likeness (QED) is 0.104. The monoisotopic (exact) mass is 897 g/mol. The van der Waals surface area contributed by atoms with Crippen molar-refractivity contribution < 1.29 is 41.8 Å². The number of nitrogens with zero attached hydrogens (tertiary/aromatic N) is 3. The molecular formula is C47H52ClN5O9S. The molecule has 3 atom stereocenters. The zero-order chi connectivity index (χ0) is 45.1. The van der Waals surface area contributed by atoms with Gasteiger partial charge in [-0.1, -0.05) is 66.6 Å². The molecule has 1 saturated carbocycles. The molecule has 1 aliphatic carbocycles. The van der Waals surface area contributed by atoms with Crippen LogP contribution in [0.25, 0.3) is 10.9 Å². The minimum Gasteiger partial charge on any atom is -0.487 e. The Bertz CT molecular complexity index is 2610. The number of carbonyl (C=O) groups excluding carboxylic acids is 4. The molecule has 332 valence electrons. The summed E-state index contributed by atoms with van der Waals surface area (Å²) in [6, 6.07) is 23.2. The number of carbonyl (C=O) groups is 4. The largest absolute Gasteiger partial charge is 0.487 e. The molecule has 1 aromatic heterocycles. The maximum absolute atomic E-state index is 14.9. The average Bonchev–Trinajstić information content (AvgIpc) is 3.76. The summed E-state index contributed by atoms with van der Waals surface area (Å²) in [4.78, 5) is 60.2. The number of rotatable bonds is 14. The SMILES string of the molecule is CN(C)C(=O)c1cc(S(=O)(=O)N2C(=O)N(CC3CCC[C@@H](CNC(=O)OC(C)(C)C)C3)C(=O)[C@@H]2Cc2c[nH]c3ccccc23)ccc1Oc1ccc(OCc2ccccc2)c(Cl)c1. The van der Waals surface area contributed by atoms with E-state index in [1.807, 2.05) is 54.6 Å². The van der Waals surface area contributed by atoms with E-state index in [9.17, 15) is 27.6 Å². The smallest absolute Gasteiger partial charge is 0.407 e. The van der Waals surface area contributed by atoms with Gasteiger partial charge in [-0.25, -0.2) is 22.3 Å². The first-order valence-corrected chi connectivity index (χ1v) is 22.7. The van der Waals surface area contributed by atoms with Gasteiger partial charge in [0.1, 0.15) is 35.5 Å². The fourth-order valence-corrected chi connectivity index (χ4v) is 9.87. The first kappa shape index (κ1) is 45.0. The highest BCUT2D eigenvalue weighted by atomic mass is 35.5. The second kappa shape index (κ2) is 18.7. The number of hydrogen-bond acceptors (Lipinski definition) is 9. The minimum absolute atomic E-state index is 0.00674. The molecule has 0 radical (unpaired) electrons. The summed E-state index contributed by atoms with van der Waals surface area (Å²) in [7, 11) is -1.74. The lowest BCUT2D eigenvalue weighted by atomic mass is 9.81. The van der Waals surface area contributed by atoms with Crippen LogP contribution >= 0.6 is 11.6 Å². The standard InChI is InChI=1S/C47H52ClN5O9S/c1-47(2,3)62-45(56)50-26-31-14-11-15-32(22-31)28-52-44(55)40(23-33-27-49-39-17-10-9-16-36(33)39)53(46(52)57)63(58,59)35-19-21-41(37(25-35)43(54)51(4)5)61-34-18-20-42(38(48)24-34)60-29-30-12-7-6-8-13-30/h6-10,12-13,16-21,24-25,27,31-32,40,49H,11,14-15,22-23,26,28-29H2,1-5H3,(H,50,56)/t31-,32?,40+/m1/s1. The zero-order valence-corrected chi connectivity index (χ0v) is 37.5. The van der Waals surface area contributed by atoms with Crippen LogP contribution in [0.5, 0.6) is 17.2 Å². The van der Waals surface area contributed by atoms with Crippen LogP contribution in [-0.2, 0) is 32.6 Å². The maximum Gasteiger partial charge on any atom is 0.407 e. The van der Waals surface area contributed by atoms with Crippen molar-refractivity contribution in [2.24, 2.45) is 11.8 Å². The number of imide groups is 1. The number of sulfonamides is 1. The number of para-hydroxylation sites is 1. The predicted molar refractivity (Wildman–Crippen MR) is 238 cm³/mol. The zero-order valence-electron chi connectivity index (χ0n) is 35.9. The molecular weight excluding hydrogens is 846 g/mol. The fraction of sp³-hybridized carbons (Fsp3) is 0.362. The summed E-state index contributed by atoms with van der Waals surface area (Å²) in [5, 5.41) is 3.88. The first-order valence-electron chi connectivity index (χ1n) is 20.9. The number of ether oxygens (including phenoxy) is 3. The molecule has 4 aromatic carbocycles. The third-order valence-electron chi connectivity index (χ3n) is 11.1. The fourth-order valence-electron chi connectivity index (χ4n) is 8.10. The minimum atomic E-state index is -4.77. The highest BCUT2D eigenvalue weighted by molar-refractivity contribution is 7.89. The van der Waals surface area contributed by atoms with Crippen LogP contribution in [0.3, 0.4) is 0 Å². The second-order valence-corrected chi connectivity index (χ2v) is 19.4. The van der Waals surface area contributed by atoms with Crippen LogP contribution in [-0.4, -0.2) is 90.3 Å². The molecule has 0 bridgehead atoms. The van der Waals surface area contributed by atoms with Crippen LogP contribution in [0.1, 0.15) is 67.9 Å². The molecule has 0 spiro atoms. The molecule has 14 nitrogen and oxygen atoms in total. The molecule has 16 heteroatoms. The summed E-state index contributed by atoms with van der Waals surface area (Å²) in [6.07, 6.45) is 4.07. The van der Waals surface area contributed by atoms with Gasteiger partial charge in [-0.2, -0.15) is 0 Å². The van der Waals surface area contributed by atoms with Crippen LogP contribution in [0.15, 0.2) is 102 Å². The number of halogens is 1. The number of benzene rings is 4. The van der Waals surface area contributed by atoms with Gasteiger partial charge in [0.25, 0.3) is 21.8 Å². The van der Waals surface area contributed by atoms with E-state index in [4.69, 9.17) is 25.8 Å². The number of H-pyrrole nitrogens is 1. The van der Waals surface area contributed by atoms with E-state index in [0.29, 0.717) is 41.6 Å². The van der Waals surface area contributed by atoms with Gasteiger partial charge >= 0.3 is 12.1 Å². The summed E-state index contributed by atoms with van der Waals surface area (Å²) in [5.74, 6) is -0.552. The molecule has 7 rings (SSSR count). The Morgan fingerprint density at radius 2 is 1.63 bits per heavy atom. The van der Waals surface area contributed by atoms with Gasteiger partial charge in [-0.3, -0.25) is 14.5 Å². The molecule has 2 heterocycles. The van der Waals surface area contributed by atoms with Crippen LogP contribution in [0.2, 0.25) is 5.02 Å². The molecule has 2 N–H and O–H groups in total. The first-order chi connectivity index (χ1) is 30.0. The highest BCUT2D eigenvalue weighted by Gasteiger charge is 2.52. The second-order valence-electron chi connectivity index (χ2n) is 17.2. The molecule has 5 aromatic rings. The third-order valence-corrected chi connectivity index (χ3v) is 13.2. The number of urea groups is 1. The lowest BCUT2D eigenvalue weighted by molar-refractivity contribution is -0.128. The van der Waals surface area contributed by atoms with Crippen molar-refractivity contribution in [3.8, 4) is 17.2 Å². The van der Waals surface area contributed by atoms with Crippen LogP contribution < -0.4 is 14.8 Å². The normalized spacial score (nSPS) is 18.1. The molecule has 2 aliphatic rings. The van der Waals surface area contributed by atoms with Gasteiger partial charge in [0.2, 0.25) is 0 Å². The van der Waals surface area contributed by atoms with Crippen molar-refractivity contribution in [3.05, 3.63) is 119 Å². The predicted octanol–water partition coefficient (Wildman–Crippen LogP) is 8.79.